The minimum Gasteiger partial charge on any atom is -0.288 e. The van der Waals surface area contributed by atoms with Crippen molar-refractivity contribution in [2.45, 2.75) is 24.7 Å². The van der Waals surface area contributed by atoms with Crippen LogP contribution in [-0.2, 0) is 11.3 Å². The molecule has 2 heterocycles. The third-order valence-electron chi connectivity index (χ3n) is 3.25. The van der Waals surface area contributed by atoms with Crippen molar-refractivity contribution < 1.29 is 14.0 Å². The highest BCUT2D eigenvalue weighted by Crippen LogP contribution is 2.28. The summed E-state index contributed by atoms with van der Waals surface area (Å²) in [6, 6.07) is 8.24. The number of nitrogens with one attached hydrogen (secondary N) is 1. The van der Waals surface area contributed by atoms with Gasteiger partial charge in [-0.15, -0.1) is 11.3 Å². The number of hydrogen-bond donors (Lipinski definition) is 1. The molecule has 124 valence electrons. The summed E-state index contributed by atoms with van der Waals surface area (Å²) in [5, 5.41) is 8.44. The Morgan fingerprint density at radius 3 is 2.88 bits per heavy atom. The highest BCUT2D eigenvalue weighted by Gasteiger charge is 2.13. The second-order valence-corrected chi connectivity index (χ2v) is 7.20. The lowest BCUT2D eigenvalue weighted by Gasteiger charge is -1.98. The molecule has 0 radical (unpaired) electrons. The fraction of sp³-hybridized carbons (Fsp3) is 0.250. The van der Waals surface area contributed by atoms with Crippen molar-refractivity contribution in [2.24, 2.45) is 0 Å². The Balaban J connectivity index is 1.55. The zero-order valence-electron chi connectivity index (χ0n) is 13.4. The van der Waals surface area contributed by atoms with Crippen molar-refractivity contribution in [1.29, 1.82) is 0 Å². The first-order valence-corrected chi connectivity index (χ1v) is 9.32. The highest BCUT2D eigenvalue weighted by molar-refractivity contribution is 8.01. The molecule has 0 spiro atoms. The van der Waals surface area contributed by atoms with Gasteiger partial charge in [-0.05, 0) is 13.8 Å². The molecular weight excluding hydrogens is 344 g/mol. The molecule has 0 saturated heterocycles. The minimum atomic E-state index is -0.147. The smallest absolute Gasteiger partial charge is 0.288 e. The molecule has 0 fully saturated rings. The van der Waals surface area contributed by atoms with Gasteiger partial charge in [-0.1, -0.05) is 46.3 Å². The Morgan fingerprint density at radius 1 is 1.38 bits per heavy atom. The molecule has 1 aromatic carbocycles. The summed E-state index contributed by atoms with van der Waals surface area (Å²) >= 11 is 2.94. The van der Waals surface area contributed by atoms with Gasteiger partial charge in [0.05, 0.1) is 11.4 Å². The first-order chi connectivity index (χ1) is 11.6. The molecule has 0 atom stereocenters. The van der Waals surface area contributed by atoms with Crippen molar-refractivity contribution in [2.75, 3.05) is 11.1 Å². The summed E-state index contributed by atoms with van der Waals surface area (Å²) in [5.74, 6) is 0.474. The van der Waals surface area contributed by atoms with Crippen LogP contribution < -0.4 is 10.00 Å². The highest BCUT2D eigenvalue weighted by atomic mass is 32.2. The molecule has 8 heteroatoms. The van der Waals surface area contributed by atoms with Crippen molar-refractivity contribution in [3.63, 3.8) is 0 Å². The molecule has 0 aliphatic heterocycles. The number of carbonyl (C=O) groups excluding carboxylic acids is 1. The van der Waals surface area contributed by atoms with Crippen LogP contribution in [0.1, 0.15) is 12.5 Å². The maximum atomic E-state index is 11.9. The van der Waals surface area contributed by atoms with Crippen LogP contribution in [0.25, 0.3) is 11.3 Å². The first kappa shape index (κ1) is 16.7. The molecule has 2 aromatic heterocycles. The number of hydrogen-bond acceptors (Lipinski definition) is 6. The van der Waals surface area contributed by atoms with Gasteiger partial charge in [0.25, 0.3) is 6.20 Å². The number of aromatic nitrogens is 3. The van der Waals surface area contributed by atoms with Gasteiger partial charge in [-0.3, -0.25) is 14.6 Å². The number of nitrogens with zero attached hydrogens (tertiary/aromatic N) is 3. The second kappa shape index (κ2) is 7.59. The SMILES string of the molecule is CC[n+]1cc(NC(=O)CSc2nc(-c3ccc(C)cc3)cs2)on1. The van der Waals surface area contributed by atoms with Crippen molar-refractivity contribution >= 4 is 34.9 Å². The van der Waals surface area contributed by atoms with Crippen molar-refractivity contribution in [3.05, 3.63) is 41.4 Å². The van der Waals surface area contributed by atoms with Gasteiger partial charge in [-0.2, -0.15) is 0 Å². The molecule has 24 heavy (non-hydrogen) atoms. The number of carbonyl (C=O) groups is 1. The summed E-state index contributed by atoms with van der Waals surface area (Å²) < 4.78 is 7.48. The molecule has 3 aromatic rings. The second-order valence-electron chi connectivity index (χ2n) is 5.12. The third-order valence-corrected chi connectivity index (χ3v) is 5.28. The Kier molecular flexibility index (Phi) is 5.27. The summed E-state index contributed by atoms with van der Waals surface area (Å²) in [7, 11) is 0. The monoisotopic (exact) mass is 361 g/mol. The molecule has 6 nitrogen and oxygen atoms in total. The number of rotatable bonds is 6. The molecule has 0 aliphatic carbocycles. The Labute approximate surface area is 147 Å². The van der Waals surface area contributed by atoms with Crippen LogP contribution in [0.4, 0.5) is 5.88 Å². The number of amides is 1. The molecule has 0 aliphatic rings. The fourth-order valence-electron chi connectivity index (χ4n) is 1.96. The van der Waals surface area contributed by atoms with Gasteiger partial charge in [-0.25, -0.2) is 4.98 Å². The predicted molar refractivity (Wildman–Crippen MR) is 94.0 cm³/mol. The molecule has 3 rings (SSSR count). The summed E-state index contributed by atoms with van der Waals surface area (Å²) in [5.41, 5.74) is 3.23. The quantitative estimate of drug-likeness (QED) is 0.539. The van der Waals surface area contributed by atoms with E-state index < -0.39 is 0 Å². The fourth-order valence-corrected chi connectivity index (χ4v) is 3.60. The van der Waals surface area contributed by atoms with E-state index >= 15 is 0 Å². The van der Waals surface area contributed by atoms with Crippen LogP contribution in [0, 0.1) is 6.92 Å². The average molecular weight is 361 g/mol. The Hall–Kier alpha value is -2.19. The zero-order chi connectivity index (χ0) is 16.9. The Morgan fingerprint density at radius 2 is 2.17 bits per heavy atom. The van der Waals surface area contributed by atoms with E-state index in [1.807, 2.05) is 12.3 Å². The van der Waals surface area contributed by atoms with Gasteiger partial charge < -0.3 is 0 Å². The lowest BCUT2D eigenvalue weighted by molar-refractivity contribution is -0.759. The van der Waals surface area contributed by atoms with Crippen LogP contribution in [0.2, 0.25) is 0 Å². The Bertz CT molecular complexity index is 827. The standard InChI is InChI=1S/C16H16N4O2S2/c1-3-20-8-15(22-19-20)18-14(21)10-24-16-17-13(9-23-16)12-6-4-11(2)5-7-12/h4-9H,3,10H2,1-2H3/p+1. The largest absolute Gasteiger partial charge is 0.302 e. The number of anilines is 1. The molecule has 0 unspecified atom stereocenters. The summed E-state index contributed by atoms with van der Waals surface area (Å²) in [4.78, 5) is 16.5. The third kappa shape index (κ3) is 4.21. The van der Waals surface area contributed by atoms with Crippen LogP contribution in [0.5, 0.6) is 0 Å². The maximum Gasteiger partial charge on any atom is 0.302 e. The summed E-state index contributed by atoms with van der Waals surface area (Å²) in [6.45, 7) is 4.69. The van der Waals surface area contributed by atoms with E-state index in [2.05, 4.69) is 46.8 Å². The minimum absolute atomic E-state index is 0.147. The van der Waals surface area contributed by atoms with Gasteiger partial charge >= 0.3 is 5.88 Å². The van der Waals surface area contributed by atoms with E-state index in [-0.39, 0.29) is 11.7 Å². The van der Waals surface area contributed by atoms with Gasteiger partial charge in [0.2, 0.25) is 11.2 Å². The van der Waals surface area contributed by atoms with E-state index in [1.165, 1.54) is 28.7 Å². The van der Waals surface area contributed by atoms with Crippen molar-refractivity contribution in [3.8, 4) is 11.3 Å². The van der Waals surface area contributed by atoms with Gasteiger partial charge in [0.1, 0.15) is 0 Å². The normalized spacial score (nSPS) is 10.8. The number of aryl methyl sites for hydroxylation is 2. The van der Waals surface area contributed by atoms with E-state index in [0.29, 0.717) is 12.4 Å². The van der Waals surface area contributed by atoms with Crippen LogP contribution in [0.15, 0.2) is 44.7 Å². The van der Waals surface area contributed by atoms with E-state index in [9.17, 15) is 4.79 Å². The maximum absolute atomic E-state index is 11.9. The predicted octanol–water partition coefficient (Wildman–Crippen LogP) is 3.14. The zero-order valence-corrected chi connectivity index (χ0v) is 15.0. The van der Waals surface area contributed by atoms with Crippen LogP contribution in [-0.4, -0.2) is 21.9 Å². The van der Waals surface area contributed by atoms with Gasteiger partial charge in [0, 0.05) is 10.9 Å². The van der Waals surface area contributed by atoms with E-state index in [1.54, 1.807) is 10.9 Å². The van der Waals surface area contributed by atoms with E-state index in [4.69, 9.17) is 4.52 Å². The average Bonchev–Trinajstić information content (AvgIpc) is 3.23. The molecule has 0 bridgehead atoms. The van der Waals surface area contributed by atoms with Crippen LogP contribution in [0.3, 0.4) is 0 Å². The number of thioether (sulfide) groups is 1. The van der Waals surface area contributed by atoms with E-state index in [0.717, 1.165) is 15.6 Å². The van der Waals surface area contributed by atoms with Crippen molar-refractivity contribution in [1.82, 2.24) is 10.3 Å². The number of benzene rings is 1. The molecular formula is C16H17N4O2S2+. The lowest BCUT2D eigenvalue weighted by atomic mass is 10.1. The summed E-state index contributed by atoms with van der Waals surface area (Å²) in [6.07, 6.45) is 1.65. The van der Waals surface area contributed by atoms with Crippen LogP contribution >= 0.6 is 23.1 Å². The molecule has 1 amide bonds. The first-order valence-electron chi connectivity index (χ1n) is 7.45. The number of thiazole rings is 1. The van der Waals surface area contributed by atoms with Gasteiger partial charge in [0.15, 0.2) is 10.9 Å². The lowest BCUT2D eigenvalue weighted by Crippen LogP contribution is -2.32. The molecule has 0 saturated carbocycles. The topological polar surface area (TPSA) is 71.9 Å². The molecule has 1 N–H and O–H groups in total.